The molecule has 0 fully saturated rings. The zero-order valence-corrected chi connectivity index (χ0v) is 19.9. The molecule has 170 valence electrons. The summed E-state index contributed by atoms with van der Waals surface area (Å²) in [5.74, 6) is 0.484. The number of fused-ring (bicyclic) bond motifs is 1. The number of methoxy groups -OCH3 is 2. The number of para-hydroxylation sites is 1. The van der Waals surface area contributed by atoms with Crippen LogP contribution in [0.15, 0.2) is 82.0 Å². The molecule has 0 saturated heterocycles. The van der Waals surface area contributed by atoms with E-state index in [0.717, 1.165) is 4.31 Å². The van der Waals surface area contributed by atoms with Crippen molar-refractivity contribution in [1.29, 1.82) is 0 Å². The normalized spacial score (nSPS) is 14.5. The van der Waals surface area contributed by atoms with Gasteiger partial charge in [0.05, 0.1) is 30.4 Å². The third-order valence-corrected chi connectivity index (χ3v) is 7.39. The van der Waals surface area contributed by atoms with Crippen molar-refractivity contribution in [3.05, 3.63) is 88.2 Å². The first-order valence-electron chi connectivity index (χ1n) is 9.55. The van der Waals surface area contributed by atoms with E-state index in [4.69, 9.17) is 14.2 Å². The van der Waals surface area contributed by atoms with Gasteiger partial charge in [0, 0.05) is 16.1 Å². The van der Waals surface area contributed by atoms with Crippen molar-refractivity contribution in [2.75, 3.05) is 18.5 Å². The minimum atomic E-state index is -4.23. The zero-order chi connectivity index (χ0) is 23.8. The average Bonchev–Trinajstić information content (AvgIpc) is 2.79. The highest BCUT2D eigenvalue weighted by Gasteiger charge is 2.41. The highest BCUT2D eigenvalue weighted by atomic mass is 79.9. The van der Waals surface area contributed by atoms with Crippen molar-refractivity contribution in [2.24, 2.45) is 0 Å². The molecule has 1 aliphatic rings. The molecule has 1 N–H and O–H groups in total. The predicted molar refractivity (Wildman–Crippen MR) is 125 cm³/mol. The molecule has 3 aromatic rings. The Morgan fingerprint density at radius 1 is 0.939 bits per heavy atom. The maximum absolute atomic E-state index is 13.7. The van der Waals surface area contributed by atoms with Crippen molar-refractivity contribution in [2.45, 2.75) is 4.90 Å². The molecule has 0 bridgehead atoms. The fraction of sp³-hybridized carbons (Fsp3) is 0.0870. The average molecular weight is 532 g/mol. The number of sulfonamides is 1. The molecule has 3 aromatic carbocycles. The smallest absolute Gasteiger partial charge is 0.497 e. The molecule has 1 heterocycles. The number of rotatable bonds is 5. The molecular weight excluding hydrogens is 514 g/mol. The second-order valence-electron chi connectivity index (χ2n) is 6.87. The third kappa shape index (κ3) is 4.03. The molecule has 0 atom stereocenters. The highest BCUT2D eigenvalue weighted by Crippen LogP contribution is 2.45. The van der Waals surface area contributed by atoms with Crippen LogP contribution in [-0.4, -0.2) is 33.9 Å². The van der Waals surface area contributed by atoms with Gasteiger partial charge in [0.15, 0.2) is 0 Å². The Kier molecular flexibility index (Phi) is 6.05. The summed E-state index contributed by atoms with van der Waals surface area (Å²) in [4.78, 5) is 11.7. The lowest BCUT2D eigenvalue weighted by Gasteiger charge is -2.33. The first-order valence-corrected chi connectivity index (χ1v) is 11.8. The molecule has 0 saturated carbocycles. The van der Waals surface area contributed by atoms with Gasteiger partial charge in [-0.25, -0.2) is 17.5 Å². The first-order chi connectivity index (χ1) is 15.8. The molecule has 0 aliphatic carbocycles. The van der Waals surface area contributed by atoms with Crippen LogP contribution in [0.1, 0.15) is 11.1 Å². The summed E-state index contributed by atoms with van der Waals surface area (Å²) < 4.78 is 44.6. The van der Waals surface area contributed by atoms with Crippen LogP contribution in [0.3, 0.4) is 0 Å². The van der Waals surface area contributed by atoms with E-state index < -0.39 is 16.2 Å². The Morgan fingerprint density at radius 2 is 1.55 bits per heavy atom. The molecule has 8 nitrogen and oxygen atoms in total. The number of anilines is 1. The lowest BCUT2D eigenvalue weighted by Crippen LogP contribution is -2.37. The lowest BCUT2D eigenvalue weighted by atomic mass is 9.97. The highest BCUT2D eigenvalue weighted by molar-refractivity contribution is 9.10. The van der Waals surface area contributed by atoms with E-state index in [1.54, 1.807) is 60.7 Å². The number of halogens is 1. The van der Waals surface area contributed by atoms with Crippen molar-refractivity contribution < 1.29 is 32.5 Å². The number of carbonyl (C=O) groups is 1. The minimum Gasteiger partial charge on any atom is -0.497 e. The van der Waals surface area contributed by atoms with E-state index in [9.17, 15) is 18.3 Å². The Bertz CT molecular complexity index is 1360. The number of ether oxygens (including phenoxy) is 3. The van der Waals surface area contributed by atoms with E-state index in [2.05, 4.69) is 15.9 Å². The number of carboxylic acid groups (broad SMARTS) is 1. The van der Waals surface area contributed by atoms with Crippen LogP contribution in [0.4, 0.5) is 10.5 Å². The summed E-state index contributed by atoms with van der Waals surface area (Å²) in [6, 6.07) is 17.8. The van der Waals surface area contributed by atoms with Gasteiger partial charge in [0.2, 0.25) is 5.88 Å². The van der Waals surface area contributed by atoms with Crippen LogP contribution >= 0.6 is 15.9 Å². The zero-order valence-electron chi connectivity index (χ0n) is 17.5. The van der Waals surface area contributed by atoms with Crippen LogP contribution < -0.4 is 13.8 Å². The van der Waals surface area contributed by atoms with Crippen LogP contribution in [0, 0.1) is 0 Å². The van der Waals surface area contributed by atoms with Gasteiger partial charge in [-0.15, -0.1) is 0 Å². The van der Waals surface area contributed by atoms with Gasteiger partial charge in [-0.2, -0.15) is 0 Å². The van der Waals surface area contributed by atoms with Crippen molar-refractivity contribution in [3.63, 3.8) is 0 Å². The van der Waals surface area contributed by atoms with Gasteiger partial charge >= 0.3 is 6.16 Å². The molecule has 1 aliphatic heterocycles. The van der Waals surface area contributed by atoms with E-state index in [0.29, 0.717) is 21.5 Å². The maximum atomic E-state index is 13.7. The Hall–Kier alpha value is -3.50. The van der Waals surface area contributed by atoms with Crippen molar-refractivity contribution in [3.8, 4) is 11.5 Å². The van der Waals surface area contributed by atoms with E-state index in [1.165, 1.54) is 20.3 Å². The van der Waals surface area contributed by atoms with E-state index in [-0.39, 0.29) is 27.6 Å². The Labute approximate surface area is 198 Å². The largest absolute Gasteiger partial charge is 0.512 e. The lowest BCUT2D eigenvalue weighted by molar-refractivity contribution is 0.119. The van der Waals surface area contributed by atoms with Gasteiger partial charge in [-0.3, -0.25) is 0 Å². The molecule has 4 rings (SSSR count). The van der Waals surface area contributed by atoms with Gasteiger partial charge in [0.25, 0.3) is 10.0 Å². The van der Waals surface area contributed by atoms with E-state index in [1.807, 2.05) is 0 Å². The second kappa shape index (κ2) is 8.80. The molecule has 0 amide bonds. The molecule has 0 unspecified atom stereocenters. The Balaban J connectivity index is 2.16. The van der Waals surface area contributed by atoms with Crippen LogP contribution in [0.25, 0.3) is 5.57 Å². The molecule has 0 radical (unpaired) electrons. The number of hydrogen-bond acceptors (Lipinski definition) is 6. The standard InChI is InChI=1S/C23H18BrNO7S/c1-30-15-11-14(12-16(13-15)31-2)21-17-7-3-6-10-20(17)33(28,29)25(22(21)32-23(26)27)19-9-5-4-8-18(19)24/h3-13H,1-2H3,(H,26,27). The third-order valence-electron chi connectivity index (χ3n) is 4.97. The van der Waals surface area contributed by atoms with E-state index >= 15 is 0 Å². The van der Waals surface area contributed by atoms with Crippen LogP contribution in [-0.2, 0) is 14.8 Å². The molecule has 0 aromatic heterocycles. The molecular formula is C23H18BrNO7S. The topological polar surface area (TPSA) is 102 Å². The molecule has 10 heteroatoms. The van der Waals surface area contributed by atoms with Gasteiger partial charge in [-0.05, 0) is 51.8 Å². The minimum absolute atomic E-state index is 0.00437. The predicted octanol–water partition coefficient (Wildman–Crippen LogP) is 5.09. The number of hydrogen-bond donors (Lipinski definition) is 1. The van der Waals surface area contributed by atoms with Crippen molar-refractivity contribution >= 4 is 43.4 Å². The monoisotopic (exact) mass is 531 g/mol. The van der Waals surface area contributed by atoms with Crippen LogP contribution in [0.5, 0.6) is 11.5 Å². The van der Waals surface area contributed by atoms with Gasteiger partial charge < -0.3 is 19.3 Å². The first kappa shape index (κ1) is 22.7. The summed E-state index contributed by atoms with van der Waals surface area (Å²) in [6.45, 7) is 0. The van der Waals surface area contributed by atoms with Crippen LogP contribution in [0.2, 0.25) is 0 Å². The Morgan fingerprint density at radius 3 is 2.15 bits per heavy atom. The number of benzene rings is 3. The summed E-state index contributed by atoms with van der Waals surface area (Å²) >= 11 is 3.37. The summed E-state index contributed by atoms with van der Waals surface area (Å²) in [5, 5.41) is 9.55. The summed E-state index contributed by atoms with van der Waals surface area (Å²) in [7, 11) is -1.27. The maximum Gasteiger partial charge on any atom is 0.512 e. The second-order valence-corrected chi connectivity index (χ2v) is 9.48. The summed E-state index contributed by atoms with van der Waals surface area (Å²) in [5.41, 5.74) is 1.17. The fourth-order valence-corrected chi connectivity index (χ4v) is 5.82. The fourth-order valence-electron chi connectivity index (χ4n) is 3.58. The van der Waals surface area contributed by atoms with Gasteiger partial charge in [0.1, 0.15) is 11.5 Å². The molecule has 0 spiro atoms. The van der Waals surface area contributed by atoms with Gasteiger partial charge in [-0.1, -0.05) is 30.3 Å². The quantitative estimate of drug-likeness (QED) is 0.457. The number of nitrogens with zero attached hydrogens (tertiary/aromatic N) is 1. The summed E-state index contributed by atoms with van der Waals surface area (Å²) in [6.07, 6.45) is -1.66. The van der Waals surface area contributed by atoms with Crippen molar-refractivity contribution in [1.82, 2.24) is 0 Å². The SMILES string of the molecule is COc1cc(OC)cc(C2=C(OC(=O)O)N(c3ccccc3Br)S(=O)(=O)c3ccccc32)c1. The molecule has 33 heavy (non-hydrogen) atoms.